The second-order valence-electron chi connectivity index (χ2n) is 5.90. The van der Waals surface area contributed by atoms with E-state index in [9.17, 15) is 0 Å². The summed E-state index contributed by atoms with van der Waals surface area (Å²) in [7, 11) is 0. The van der Waals surface area contributed by atoms with Crippen molar-refractivity contribution in [1.82, 2.24) is 5.32 Å². The fourth-order valence-electron chi connectivity index (χ4n) is 2.97. The Kier molecular flexibility index (Phi) is 5.25. The molecule has 1 atom stereocenters. The molecule has 0 aromatic heterocycles. The van der Waals surface area contributed by atoms with E-state index >= 15 is 0 Å². The van der Waals surface area contributed by atoms with Crippen molar-refractivity contribution in [3.8, 4) is 0 Å². The molecule has 0 radical (unpaired) electrons. The van der Waals surface area contributed by atoms with E-state index in [-0.39, 0.29) is 0 Å². The van der Waals surface area contributed by atoms with Gasteiger partial charge in [-0.05, 0) is 44.7 Å². The van der Waals surface area contributed by atoms with Crippen molar-refractivity contribution in [2.24, 2.45) is 5.92 Å². The van der Waals surface area contributed by atoms with Crippen molar-refractivity contribution in [1.29, 1.82) is 0 Å². The van der Waals surface area contributed by atoms with Gasteiger partial charge >= 0.3 is 0 Å². The Morgan fingerprint density at radius 2 is 1.89 bits per heavy atom. The molecule has 100 valence electrons. The Balaban J connectivity index is 1.82. The summed E-state index contributed by atoms with van der Waals surface area (Å²) in [5.41, 5.74) is 2.78. The highest BCUT2D eigenvalue weighted by atomic mass is 14.9. The van der Waals surface area contributed by atoms with Crippen molar-refractivity contribution in [2.45, 2.75) is 58.4 Å². The van der Waals surface area contributed by atoms with Crippen molar-refractivity contribution >= 4 is 0 Å². The SMILES string of the molecule is Cc1cccc([C@H](C)NCC2CCCCCC2)c1. The molecule has 1 fully saturated rings. The van der Waals surface area contributed by atoms with Gasteiger partial charge in [-0.3, -0.25) is 0 Å². The van der Waals surface area contributed by atoms with E-state index in [0.29, 0.717) is 6.04 Å². The van der Waals surface area contributed by atoms with Crippen LogP contribution < -0.4 is 5.32 Å². The Hall–Kier alpha value is -0.820. The summed E-state index contributed by atoms with van der Waals surface area (Å²) in [4.78, 5) is 0. The van der Waals surface area contributed by atoms with Crippen LogP contribution in [0.25, 0.3) is 0 Å². The van der Waals surface area contributed by atoms with Crippen LogP contribution in [0.1, 0.15) is 62.6 Å². The Labute approximate surface area is 112 Å². The molecule has 1 aromatic rings. The molecule has 1 N–H and O–H groups in total. The third-order valence-electron chi connectivity index (χ3n) is 4.23. The summed E-state index contributed by atoms with van der Waals surface area (Å²) in [5.74, 6) is 0.903. The van der Waals surface area contributed by atoms with E-state index in [1.165, 1.54) is 56.2 Å². The lowest BCUT2D eigenvalue weighted by molar-refractivity contribution is 0.403. The van der Waals surface area contributed by atoms with Gasteiger partial charge in [-0.15, -0.1) is 0 Å². The van der Waals surface area contributed by atoms with Gasteiger partial charge in [-0.1, -0.05) is 55.5 Å². The highest BCUT2D eigenvalue weighted by molar-refractivity contribution is 5.24. The molecule has 2 rings (SSSR count). The zero-order chi connectivity index (χ0) is 12.8. The molecule has 18 heavy (non-hydrogen) atoms. The van der Waals surface area contributed by atoms with Gasteiger partial charge in [-0.2, -0.15) is 0 Å². The second-order valence-corrected chi connectivity index (χ2v) is 5.90. The summed E-state index contributed by atoms with van der Waals surface area (Å²) in [5, 5.41) is 3.72. The summed E-state index contributed by atoms with van der Waals surface area (Å²) >= 11 is 0. The van der Waals surface area contributed by atoms with Crippen LogP contribution in [0.15, 0.2) is 24.3 Å². The summed E-state index contributed by atoms with van der Waals surface area (Å²) in [6.45, 7) is 5.64. The largest absolute Gasteiger partial charge is 0.310 e. The van der Waals surface area contributed by atoms with Crippen molar-refractivity contribution in [3.63, 3.8) is 0 Å². The van der Waals surface area contributed by atoms with Crippen LogP contribution in [0.4, 0.5) is 0 Å². The first-order chi connectivity index (χ1) is 8.75. The first-order valence-corrected chi connectivity index (χ1v) is 7.55. The second kappa shape index (κ2) is 6.94. The minimum absolute atomic E-state index is 0.480. The summed E-state index contributed by atoms with van der Waals surface area (Å²) in [6, 6.07) is 9.34. The van der Waals surface area contributed by atoms with Gasteiger partial charge in [0, 0.05) is 6.04 Å². The molecule has 1 aliphatic carbocycles. The number of nitrogens with one attached hydrogen (secondary N) is 1. The molecule has 0 saturated heterocycles. The van der Waals surface area contributed by atoms with E-state index in [4.69, 9.17) is 0 Å². The lowest BCUT2D eigenvalue weighted by Crippen LogP contribution is -2.25. The van der Waals surface area contributed by atoms with E-state index in [2.05, 4.69) is 43.4 Å². The Morgan fingerprint density at radius 1 is 1.17 bits per heavy atom. The van der Waals surface area contributed by atoms with Crippen LogP contribution in [0.5, 0.6) is 0 Å². The van der Waals surface area contributed by atoms with Crippen LogP contribution >= 0.6 is 0 Å². The number of aryl methyl sites for hydroxylation is 1. The van der Waals surface area contributed by atoms with E-state index in [1.807, 2.05) is 0 Å². The number of rotatable bonds is 4. The lowest BCUT2D eigenvalue weighted by atomic mass is 9.99. The average molecular weight is 245 g/mol. The molecular formula is C17H27N. The predicted molar refractivity (Wildman–Crippen MR) is 78.8 cm³/mol. The Bertz CT molecular complexity index is 350. The number of hydrogen-bond acceptors (Lipinski definition) is 1. The number of benzene rings is 1. The molecule has 0 heterocycles. The van der Waals surface area contributed by atoms with Gasteiger partial charge < -0.3 is 5.32 Å². The first-order valence-electron chi connectivity index (χ1n) is 7.55. The molecule has 1 aliphatic rings. The van der Waals surface area contributed by atoms with Gasteiger partial charge in [0.2, 0.25) is 0 Å². The summed E-state index contributed by atoms with van der Waals surface area (Å²) in [6.07, 6.45) is 8.62. The standard InChI is InChI=1S/C17H27N/c1-14-8-7-11-17(12-14)15(2)18-13-16-9-5-3-4-6-10-16/h7-8,11-12,15-16,18H,3-6,9-10,13H2,1-2H3/t15-/m0/s1. The van der Waals surface area contributed by atoms with Crippen LogP contribution in [0.2, 0.25) is 0 Å². The number of hydrogen-bond donors (Lipinski definition) is 1. The van der Waals surface area contributed by atoms with Gasteiger partial charge in [0.15, 0.2) is 0 Å². The van der Waals surface area contributed by atoms with Crippen LogP contribution in [-0.2, 0) is 0 Å². The smallest absolute Gasteiger partial charge is 0.0292 e. The maximum absolute atomic E-state index is 3.72. The zero-order valence-electron chi connectivity index (χ0n) is 11.9. The van der Waals surface area contributed by atoms with Crippen molar-refractivity contribution < 1.29 is 0 Å². The fourth-order valence-corrected chi connectivity index (χ4v) is 2.97. The zero-order valence-corrected chi connectivity index (χ0v) is 11.9. The van der Waals surface area contributed by atoms with Gasteiger partial charge in [0.25, 0.3) is 0 Å². The predicted octanol–water partition coefficient (Wildman–Crippen LogP) is 4.62. The van der Waals surface area contributed by atoms with Crippen LogP contribution in [0.3, 0.4) is 0 Å². The highest BCUT2D eigenvalue weighted by Crippen LogP contribution is 2.23. The highest BCUT2D eigenvalue weighted by Gasteiger charge is 2.13. The molecule has 0 spiro atoms. The van der Waals surface area contributed by atoms with E-state index in [0.717, 1.165) is 5.92 Å². The average Bonchev–Trinajstić information content (AvgIpc) is 2.64. The minimum atomic E-state index is 0.480. The third kappa shape index (κ3) is 4.13. The fraction of sp³-hybridized carbons (Fsp3) is 0.647. The normalized spacial score (nSPS) is 19.4. The van der Waals surface area contributed by atoms with Gasteiger partial charge in [0.1, 0.15) is 0 Å². The summed E-state index contributed by atoms with van der Waals surface area (Å²) < 4.78 is 0. The molecule has 0 amide bonds. The minimum Gasteiger partial charge on any atom is -0.310 e. The maximum Gasteiger partial charge on any atom is 0.0292 e. The van der Waals surface area contributed by atoms with E-state index < -0.39 is 0 Å². The monoisotopic (exact) mass is 245 g/mol. The van der Waals surface area contributed by atoms with Crippen molar-refractivity contribution in [3.05, 3.63) is 35.4 Å². The maximum atomic E-state index is 3.72. The van der Waals surface area contributed by atoms with E-state index in [1.54, 1.807) is 0 Å². The van der Waals surface area contributed by atoms with Crippen LogP contribution in [-0.4, -0.2) is 6.54 Å². The third-order valence-corrected chi connectivity index (χ3v) is 4.23. The molecule has 1 aromatic carbocycles. The molecule has 0 unspecified atom stereocenters. The lowest BCUT2D eigenvalue weighted by Gasteiger charge is -2.20. The van der Waals surface area contributed by atoms with Gasteiger partial charge in [0.05, 0.1) is 0 Å². The van der Waals surface area contributed by atoms with Crippen molar-refractivity contribution in [2.75, 3.05) is 6.54 Å². The van der Waals surface area contributed by atoms with Crippen LogP contribution in [0, 0.1) is 12.8 Å². The molecule has 1 heteroatoms. The molecule has 0 bridgehead atoms. The topological polar surface area (TPSA) is 12.0 Å². The Morgan fingerprint density at radius 3 is 2.56 bits per heavy atom. The molecule has 0 aliphatic heterocycles. The quantitative estimate of drug-likeness (QED) is 0.763. The first kappa shape index (κ1) is 13.6. The molecule has 1 saturated carbocycles. The molecular weight excluding hydrogens is 218 g/mol. The van der Waals surface area contributed by atoms with Gasteiger partial charge in [-0.25, -0.2) is 0 Å². The molecule has 1 nitrogen and oxygen atoms in total.